The van der Waals surface area contributed by atoms with Crippen molar-refractivity contribution in [1.29, 1.82) is 0 Å². The van der Waals surface area contributed by atoms with Gasteiger partial charge in [-0.25, -0.2) is 0 Å². The van der Waals surface area contributed by atoms with Gasteiger partial charge in [0.15, 0.2) is 0 Å². The lowest BCUT2D eigenvalue weighted by atomic mass is 9.92. The summed E-state index contributed by atoms with van der Waals surface area (Å²) in [5.41, 5.74) is 6.68. The second-order valence-electron chi connectivity index (χ2n) is 5.17. The first-order valence-corrected chi connectivity index (χ1v) is 7.15. The van der Waals surface area contributed by atoms with Crippen LogP contribution in [0.25, 0.3) is 0 Å². The molecule has 0 saturated carbocycles. The molecule has 2 heterocycles. The number of likely N-dealkylation sites (tertiary alicyclic amines) is 1. The summed E-state index contributed by atoms with van der Waals surface area (Å²) in [7, 11) is 1.89. The van der Waals surface area contributed by atoms with Crippen LogP contribution >= 0.6 is 15.9 Å². The van der Waals surface area contributed by atoms with Gasteiger partial charge in [0.1, 0.15) is 5.69 Å². The predicted molar refractivity (Wildman–Crippen MR) is 75.4 cm³/mol. The SMILES string of the molecule is CC(N)C1CCCN(C(=O)c2cc(Br)cn2C)C1. The van der Waals surface area contributed by atoms with Gasteiger partial charge in [0.25, 0.3) is 5.91 Å². The molecule has 0 radical (unpaired) electrons. The molecule has 1 aromatic rings. The summed E-state index contributed by atoms with van der Waals surface area (Å²) in [6.45, 7) is 3.64. The number of carbonyl (C=O) groups excluding carboxylic acids is 1. The number of rotatable bonds is 2. The minimum atomic E-state index is 0.105. The maximum Gasteiger partial charge on any atom is 0.270 e. The van der Waals surface area contributed by atoms with E-state index in [2.05, 4.69) is 15.9 Å². The van der Waals surface area contributed by atoms with Gasteiger partial charge in [-0.3, -0.25) is 4.79 Å². The van der Waals surface area contributed by atoms with Crippen molar-refractivity contribution >= 4 is 21.8 Å². The third-order valence-corrected chi connectivity index (χ3v) is 4.11. The Kier molecular flexibility index (Phi) is 4.12. The van der Waals surface area contributed by atoms with Crippen LogP contribution in [0.4, 0.5) is 0 Å². The number of nitrogens with zero attached hydrogens (tertiary/aromatic N) is 2. The molecule has 1 fully saturated rings. The first-order valence-electron chi connectivity index (χ1n) is 6.35. The highest BCUT2D eigenvalue weighted by Gasteiger charge is 2.27. The van der Waals surface area contributed by atoms with Crippen molar-refractivity contribution < 1.29 is 4.79 Å². The summed E-state index contributed by atoms with van der Waals surface area (Å²) < 4.78 is 2.80. The third kappa shape index (κ3) is 2.78. The second kappa shape index (κ2) is 5.45. The van der Waals surface area contributed by atoms with Gasteiger partial charge in [0.05, 0.1) is 0 Å². The Morgan fingerprint density at radius 1 is 1.61 bits per heavy atom. The molecule has 2 N–H and O–H groups in total. The summed E-state index contributed by atoms with van der Waals surface area (Å²) in [6, 6.07) is 2.03. The van der Waals surface area contributed by atoms with E-state index in [1.165, 1.54) is 0 Å². The topological polar surface area (TPSA) is 51.3 Å². The van der Waals surface area contributed by atoms with Crippen molar-refractivity contribution in [2.75, 3.05) is 13.1 Å². The zero-order valence-electron chi connectivity index (χ0n) is 10.9. The molecular formula is C13H20BrN3O. The van der Waals surface area contributed by atoms with Crippen molar-refractivity contribution in [3.05, 3.63) is 22.4 Å². The van der Waals surface area contributed by atoms with Gasteiger partial charge in [-0.2, -0.15) is 0 Å². The number of hydrogen-bond acceptors (Lipinski definition) is 2. The Morgan fingerprint density at radius 2 is 2.33 bits per heavy atom. The molecular weight excluding hydrogens is 294 g/mol. The number of amides is 1. The fraction of sp³-hybridized carbons (Fsp3) is 0.615. The molecule has 5 heteroatoms. The average Bonchev–Trinajstić information content (AvgIpc) is 2.67. The van der Waals surface area contributed by atoms with E-state index in [1.807, 2.05) is 35.7 Å². The smallest absolute Gasteiger partial charge is 0.270 e. The van der Waals surface area contributed by atoms with Crippen molar-refractivity contribution in [2.24, 2.45) is 18.7 Å². The number of carbonyl (C=O) groups is 1. The zero-order chi connectivity index (χ0) is 13.3. The summed E-state index contributed by atoms with van der Waals surface area (Å²) in [5, 5.41) is 0. The summed E-state index contributed by atoms with van der Waals surface area (Å²) >= 11 is 3.40. The highest BCUT2D eigenvalue weighted by Crippen LogP contribution is 2.22. The molecule has 0 spiro atoms. The van der Waals surface area contributed by atoms with E-state index < -0.39 is 0 Å². The van der Waals surface area contributed by atoms with Crippen LogP contribution in [0.1, 0.15) is 30.3 Å². The molecule has 1 amide bonds. The van der Waals surface area contributed by atoms with Crippen LogP contribution in [0.5, 0.6) is 0 Å². The van der Waals surface area contributed by atoms with E-state index in [-0.39, 0.29) is 11.9 Å². The number of halogens is 1. The van der Waals surface area contributed by atoms with Crippen LogP contribution in [0.2, 0.25) is 0 Å². The molecule has 0 aromatic carbocycles. The lowest BCUT2D eigenvalue weighted by molar-refractivity contribution is 0.0651. The van der Waals surface area contributed by atoms with Crippen molar-refractivity contribution in [1.82, 2.24) is 9.47 Å². The van der Waals surface area contributed by atoms with Gasteiger partial charge in [0, 0.05) is 36.8 Å². The van der Waals surface area contributed by atoms with E-state index in [0.29, 0.717) is 5.92 Å². The molecule has 100 valence electrons. The van der Waals surface area contributed by atoms with Gasteiger partial charge in [-0.15, -0.1) is 0 Å². The zero-order valence-corrected chi connectivity index (χ0v) is 12.5. The van der Waals surface area contributed by atoms with Gasteiger partial charge in [-0.05, 0) is 47.7 Å². The second-order valence-corrected chi connectivity index (χ2v) is 6.08. The first-order chi connectivity index (χ1) is 8.49. The van der Waals surface area contributed by atoms with Crippen LogP contribution in [-0.2, 0) is 7.05 Å². The highest BCUT2D eigenvalue weighted by atomic mass is 79.9. The lowest BCUT2D eigenvalue weighted by Gasteiger charge is -2.34. The maximum atomic E-state index is 12.4. The van der Waals surface area contributed by atoms with Gasteiger partial charge >= 0.3 is 0 Å². The molecule has 1 saturated heterocycles. The summed E-state index contributed by atoms with van der Waals surface area (Å²) in [4.78, 5) is 14.4. The molecule has 0 bridgehead atoms. The van der Waals surface area contributed by atoms with Crippen LogP contribution in [0.3, 0.4) is 0 Å². The van der Waals surface area contributed by atoms with Gasteiger partial charge in [0.2, 0.25) is 0 Å². The molecule has 1 aromatic heterocycles. The molecule has 2 rings (SSSR count). The van der Waals surface area contributed by atoms with E-state index in [4.69, 9.17) is 5.73 Å². The Morgan fingerprint density at radius 3 is 2.89 bits per heavy atom. The highest BCUT2D eigenvalue weighted by molar-refractivity contribution is 9.10. The van der Waals surface area contributed by atoms with Crippen molar-refractivity contribution in [3.8, 4) is 0 Å². The van der Waals surface area contributed by atoms with E-state index in [0.717, 1.165) is 36.1 Å². The first kappa shape index (κ1) is 13.6. The fourth-order valence-electron chi connectivity index (χ4n) is 2.52. The quantitative estimate of drug-likeness (QED) is 0.907. The minimum Gasteiger partial charge on any atom is -0.345 e. The molecule has 0 aliphatic carbocycles. The summed E-state index contributed by atoms with van der Waals surface area (Å²) in [5.74, 6) is 0.528. The fourth-order valence-corrected chi connectivity index (χ4v) is 3.05. The lowest BCUT2D eigenvalue weighted by Crippen LogP contribution is -2.45. The number of hydrogen-bond donors (Lipinski definition) is 1. The Hall–Kier alpha value is -0.810. The monoisotopic (exact) mass is 313 g/mol. The number of piperidine rings is 1. The normalized spacial score (nSPS) is 22.0. The Labute approximate surface area is 116 Å². The standard InChI is InChI=1S/C13H20BrN3O/c1-9(15)10-4-3-5-17(7-10)13(18)12-6-11(14)8-16(12)2/h6,8-10H,3-5,7,15H2,1-2H3. The molecule has 18 heavy (non-hydrogen) atoms. The van der Waals surface area contributed by atoms with Crippen molar-refractivity contribution in [3.63, 3.8) is 0 Å². The molecule has 1 aliphatic heterocycles. The van der Waals surface area contributed by atoms with Crippen molar-refractivity contribution in [2.45, 2.75) is 25.8 Å². The number of aryl methyl sites for hydroxylation is 1. The van der Waals surface area contributed by atoms with E-state index in [9.17, 15) is 4.79 Å². The van der Waals surface area contributed by atoms with Crippen LogP contribution in [0.15, 0.2) is 16.7 Å². The molecule has 1 aliphatic rings. The number of nitrogens with two attached hydrogens (primary N) is 1. The minimum absolute atomic E-state index is 0.105. The van der Waals surface area contributed by atoms with Gasteiger partial charge < -0.3 is 15.2 Å². The Balaban J connectivity index is 2.11. The Bertz CT molecular complexity index is 441. The van der Waals surface area contributed by atoms with Crippen LogP contribution < -0.4 is 5.73 Å². The largest absolute Gasteiger partial charge is 0.345 e. The predicted octanol–water partition coefficient (Wildman–Crippen LogP) is 1.99. The van der Waals surface area contributed by atoms with E-state index >= 15 is 0 Å². The van der Waals surface area contributed by atoms with E-state index in [1.54, 1.807) is 0 Å². The molecule has 2 unspecified atom stereocenters. The van der Waals surface area contributed by atoms with Crippen LogP contribution in [-0.4, -0.2) is 34.5 Å². The molecule has 2 atom stereocenters. The maximum absolute atomic E-state index is 12.4. The molecule has 4 nitrogen and oxygen atoms in total. The summed E-state index contributed by atoms with van der Waals surface area (Å²) in [6.07, 6.45) is 4.07. The third-order valence-electron chi connectivity index (χ3n) is 3.68. The van der Waals surface area contributed by atoms with Crippen LogP contribution in [0, 0.1) is 5.92 Å². The van der Waals surface area contributed by atoms with Gasteiger partial charge in [-0.1, -0.05) is 0 Å². The number of aromatic nitrogens is 1. The average molecular weight is 314 g/mol.